The number of hydrogen-bond acceptors (Lipinski definition) is 2. The molecular formula is C21H23Cl2NO2. The van der Waals surface area contributed by atoms with Gasteiger partial charge in [-0.1, -0.05) is 54.6 Å². The van der Waals surface area contributed by atoms with E-state index in [0.717, 1.165) is 18.6 Å². The van der Waals surface area contributed by atoms with E-state index in [9.17, 15) is 4.79 Å². The second kappa shape index (κ2) is 8.32. The van der Waals surface area contributed by atoms with Crippen molar-refractivity contribution < 1.29 is 9.53 Å². The zero-order valence-electron chi connectivity index (χ0n) is 14.9. The molecule has 1 N–H and O–H groups in total. The Bertz CT molecular complexity index is 768. The van der Waals surface area contributed by atoms with Crippen LogP contribution in [-0.4, -0.2) is 19.6 Å². The molecule has 2 aromatic carbocycles. The first-order valence-electron chi connectivity index (χ1n) is 8.92. The lowest BCUT2D eigenvalue weighted by Gasteiger charge is -2.38. The molecule has 2 aromatic rings. The summed E-state index contributed by atoms with van der Waals surface area (Å²) in [6.07, 6.45) is 5.71. The van der Waals surface area contributed by atoms with Crippen LogP contribution in [-0.2, 0) is 5.41 Å². The largest absolute Gasteiger partial charge is 0.497 e. The molecule has 138 valence electrons. The van der Waals surface area contributed by atoms with Crippen LogP contribution in [0.3, 0.4) is 0 Å². The number of carbonyl (C=O) groups excluding carboxylic acids is 1. The molecule has 0 radical (unpaired) electrons. The van der Waals surface area contributed by atoms with E-state index in [2.05, 4.69) is 17.4 Å². The summed E-state index contributed by atoms with van der Waals surface area (Å²) in [5.41, 5.74) is 1.66. The van der Waals surface area contributed by atoms with Crippen molar-refractivity contribution in [3.63, 3.8) is 0 Å². The van der Waals surface area contributed by atoms with Gasteiger partial charge in [0.2, 0.25) is 0 Å². The fraction of sp³-hybridized carbons (Fsp3) is 0.381. The van der Waals surface area contributed by atoms with E-state index < -0.39 is 0 Å². The predicted molar refractivity (Wildman–Crippen MR) is 107 cm³/mol. The van der Waals surface area contributed by atoms with E-state index in [0.29, 0.717) is 22.2 Å². The summed E-state index contributed by atoms with van der Waals surface area (Å²) in [6, 6.07) is 13.2. The Hall–Kier alpha value is -1.71. The van der Waals surface area contributed by atoms with E-state index in [1.165, 1.54) is 24.8 Å². The van der Waals surface area contributed by atoms with Crippen molar-refractivity contribution in [2.45, 2.75) is 37.5 Å². The summed E-state index contributed by atoms with van der Waals surface area (Å²) in [5, 5.41) is 3.99. The number of halogens is 2. The molecule has 3 nitrogen and oxygen atoms in total. The van der Waals surface area contributed by atoms with Crippen LogP contribution in [0.5, 0.6) is 5.75 Å². The molecule has 3 rings (SSSR count). The van der Waals surface area contributed by atoms with Gasteiger partial charge < -0.3 is 10.1 Å². The maximum absolute atomic E-state index is 12.6. The summed E-state index contributed by atoms with van der Waals surface area (Å²) < 4.78 is 5.27. The van der Waals surface area contributed by atoms with E-state index in [1.54, 1.807) is 25.3 Å². The third kappa shape index (κ3) is 4.16. The number of hydrogen-bond donors (Lipinski definition) is 1. The lowest BCUT2D eigenvalue weighted by Crippen LogP contribution is -2.42. The second-order valence-corrected chi connectivity index (χ2v) is 7.72. The van der Waals surface area contributed by atoms with E-state index in [-0.39, 0.29) is 11.3 Å². The Balaban J connectivity index is 1.79. The van der Waals surface area contributed by atoms with Crippen LogP contribution in [0, 0.1) is 0 Å². The van der Waals surface area contributed by atoms with Gasteiger partial charge in [-0.15, -0.1) is 0 Å². The van der Waals surface area contributed by atoms with Crippen LogP contribution in [0.2, 0.25) is 10.0 Å². The Labute approximate surface area is 164 Å². The lowest BCUT2D eigenvalue weighted by atomic mass is 9.69. The van der Waals surface area contributed by atoms with Crippen molar-refractivity contribution in [1.82, 2.24) is 5.32 Å². The molecular weight excluding hydrogens is 369 g/mol. The van der Waals surface area contributed by atoms with Gasteiger partial charge in [-0.05, 0) is 48.7 Å². The van der Waals surface area contributed by atoms with Gasteiger partial charge in [0.15, 0.2) is 0 Å². The number of carbonyl (C=O) groups is 1. The highest BCUT2D eigenvalue weighted by Crippen LogP contribution is 2.39. The normalized spacial score (nSPS) is 16.1. The highest BCUT2D eigenvalue weighted by Gasteiger charge is 2.34. The molecule has 0 spiro atoms. The average Bonchev–Trinajstić information content (AvgIpc) is 2.67. The predicted octanol–water partition coefficient (Wildman–Crippen LogP) is 5.63. The second-order valence-electron chi connectivity index (χ2n) is 6.88. The number of nitrogens with one attached hydrogen (secondary N) is 1. The number of amides is 1. The Morgan fingerprint density at radius 2 is 1.77 bits per heavy atom. The fourth-order valence-corrected chi connectivity index (χ4v) is 4.25. The van der Waals surface area contributed by atoms with Crippen LogP contribution in [0.4, 0.5) is 0 Å². The van der Waals surface area contributed by atoms with Gasteiger partial charge in [0.1, 0.15) is 5.75 Å². The van der Waals surface area contributed by atoms with Gasteiger partial charge in [-0.2, -0.15) is 0 Å². The zero-order chi connectivity index (χ0) is 18.6. The first-order valence-corrected chi connectivity index (χ1v) is 9.67. The maximum atomic E-state index is 12.6. The molecule has 1 fully saturated rings. The van der Waals surface area contributed by atoms with Gasteiger partial charge in [-0.25, -0.2) is 0 Å². The number of rotatable bonds is 5. The van der Waals surface area contributed by atoms with Gasteiger partial charge in [0.05, 0.1) is 17.7 Å². The van der Waals surface area contributed by atoms with Crippen LogP contribution < -0.4 is 10.1 Å². The summed E-state index contributed by atoms with van der Waals surface area (Å²) in [5.74, 6) is 0.682. The minimum Gasteiger partial charge on any atom is -0.497 e. The molecule has 1 saturated carbocycles. The minimum atomic E-state index is -0.162. The van der Waals surface area contributed by atoms with E-state index in [1.807, 2.05) is 12.1 Å². The summed E-state index contributed by atoms with van der Waals surface area (Å²) in [6.45, 7) is 0.594. The third-order valence-electron chi connectivity index (χ3n) is 5.28. The summed E-state index contributed by atoms with van der Waals surface area (Å²) >= 11 is 12.1. The monoisotopic (exact) mass is 391 g/mol. The molecule has 1 aliphatic carbocycles. The van der Waals surface area contributed by atoms with Crippen molar-refractivity contribution >= 4 is 29.1 Å². The molecule has 1 aliphatic rings. The third-order valence-corrected chi connectivity index (χ3v) is 5.82. The fourth-order valence-electron chi connectivity index (χ4n) is 3.76. The van der Waals surface area contributed by atoms with Crippen LogP contribution in [0.1, 0.15) is 48.0 Å². The number of ether oxygens (including phenoxy) is 1. The van der Waals surface area contributed by atoms with E-state index >= 15 is 0 Å². The van der Waals surface area contributed by atoms with Crippen molar-refractivity contribution in [2.24, 2.45) is 0 Å². The molecule has 0 unspecified atom stereocenters. The maximum Gasteiger partial charge on any atom is 0.252 e. The molecule has 0 heterocycles. The van der Waals surface area contributed by atoms with E-state index in [4.69, 9.17) is 27.9 Å². The van der Waals surface area contributed by atoms with Crippen LogP contribution in [0.15, 0.2) is 42.5 Å². The molecule has 0 aromatic heterocycles. The molecule has 5 heteroatoms. The molecule has 0 saturated heterocycles. The van der Waals surface area contributed by atoms with Crippen molar-refractivity contribution in [3.05, 3.63) is 63.6 Å². The van der Waals surface area contributed by atoms with Crippen LogP contribution >= 0.6 is 23.2 Å². The van der Waals surface area contributed by atoms with Gasteiger partial charge in [-0.3, -0.25) is 4.79 Å². The Morgan fingerprint density at radius 1 is 1.08 bits per heavy atom. The molecule has 0 aliphatic heterocycles. The molecule has 0 atom stereocenters. The lowest BCUT2D eigenvalue weighted by molar-refractivity contribution is 0.0937. The Morgan fingerprint density at radius 3 is 2.38 bits per heavy atom. The highest BCUT2D eigenvalue weighted by atomic mass is 35.5. The highest BCUT2D eigenvalue weighted by molar-refractivity contribution is 6.36. The van der Waals surface area contributed by atoms with Crippen molar-refractivity contribution in [2.75, 3.05) is 13.7 Å². The number of methoxy groups -OCH3 is 1. The smallest absolute Gasteiger partial charge is 0.252 e. The first-order chi connectivity index (χ1) is 12.5. The summed E-state index contributed by atoms with van der Waals surface area (Å²) in [7, 11) is 1.67. The quantitative estimate of drug-likeness (QED) is 0.716. The zero-order valence-corrected chi connectivity index (χ0v) is 16.4. The molecule has 1 amide bonds. The standard InChI is InChI=1S/C21H23Cl2NO2/c1-26-17-8-5-15(6-9-17)21(11-3-2-4-12-21)14-24-20(25)18-10-7-16(22)13-19(18)23/h5-10,13H,2-4,11-12,14H2,1H3,(H,24,25). The van der Waals surface area contributed by atoms with Crippen LogP contribution in [0.25, 0.3) is 0 Å². The van der Waals surface area contributed by atoms with Gasteiger partial charge >= 0.3 is 0 Å². The van der Waals surface area contributed by atoms with Crippen molar-refractivity contribution in [1.29, 1.82) is 0 Å². The van der Waals surface area contributed by atoms with Gasteiger partial charge in [0.25, 0.3) is 5.91 Å². The van der Waals surface area contributed by atoms with Crippen molar-refractivity contribution in [3.8, 4) is 5.75 Å². The van der Waals surface area contributed by atoms with Gasteiger partial charge in [0, 0.05) is 17.0 Å². The topological polar surface area (TPSA) is 38.3 Å². The molecule has 26 heavy (non-hydrogen) atoms. The number of benzene rings is 2. The molecule has 0 bridgehead atoms. The average molecular weight is 392 g/mol. The summed E-state index contributed by atoms with van der Waals surface area (Å²) in [4.78, 5) is 12.6. The SMILES string of the molecule is COc1ccc(C2(CNC(=O)c3ccc(Cl)cc3Cl)CCCCC2)cc1. The minimum absolute atomic E-state index is 0.0426. The first kappa shape index (κ1) is 19.1. The Kier molecular flexibility index (Phi) is 6.10.